The molecule has 0 unspecified atom stereocenters. The first-order valence-electron chi connectivity index (χ1n) is 4.27. The van der Waals surface area contributed by atoms with Crippen molar-refractivity contribution in [2.75, 3.05) is 18.8 Å². The Labute approximate surface area is 76.2 Å². The van der Waals surface area contributed by atoms with E-state index in [4.69, 9.17) is 5.73 Å². The van der Waals surface area contributed by atoms with Crippen LogP contribution in [0.2, 0.25) is 0 Å². The van der Waals surface area contributed by atoms with Gasteiger partial charge in [0.15, 0.2) is 5.13 Å². The van der Waals surface area contributed by atoms with Crippen LogP contribution in [0.3, 0.4) is 0 Å². The van der Waals surface area contributed by atoms with Gasteiger partial charge in [-0.1, -0.05) is 0 Å². The maximum Gasteiger partial charge on any atom is 0.180 e. The summed E-state index contributed by atoms with van der Waals surface area (Å²) in [5.41, 5.74) is 6.67. The first-order chi connectivity index (χ1) is 5.84. The zero-order valence-corrected chi connectivity index (χ0v) is 7.81. The summed E-state index contributed by atoms with van der Waals surface area (Å²) in [7, 11) is 0. The number of rotatable bonds is 2. The molecule has 0 saturated carbocycles. The standard InChI is InChI=1S/C8H13N3S/c9-8-10-7(6-12-8)5-11-3-1-2-4-11/h6H,1-5H2,(H2,9,10). The van der Waals surface area contributed by atoms with Gasteiger partial charge in [0.05, 0.1) is 5.69 Å². The fourth-order valence-electron chi connectivity index (χ4n) is 1.57. The summed E-state index contributed by atoms with van der Waals surface area (Å²) >= 11 is 1.53. The number of nitrogen functional groups attached to an aromatic ring is 1. The van der Waals surface area contributed by atoms with Crippen molar-refractivity contribution in [3.8, 4) is 0 Å². The van der Waals surface area contributed by atoms with Crippen LogP contribution in [0.1, 0.15) is 18.5 Å². The summed E-state index contributed by atoms with van der Waals surface area (Å²) in [6.07, 6.45) is 2.67. The molecule has 3 nitrogen and oxygen atoms in total. The van der Waals surface area contributed by atoms with Gasteiger partial charge in [0.2, 0.25) is 0 Å². The van der Waals surface area contributed by atoms with Crippen LogP contribution >= 0.6 is 11.3 Å². The van der Waals surface area contributed by atoms with Gasteiger partial charge < -0.3 is 5.73 Å². The molecule has 1 aromatic rings. The van der Waals surface area contributed by atoms with Gasteiger partial charge in [0.25, 0.3) is 0 Å². The lowest BCUT2D eigenvalue weighted by molar-refractivity contribution is 0.328. The third-order valence-corrected chi connectivity index (χ3v) is 2.88. The second-order valence-corrected chi connectivity index (χ2v) is 4.05. The molecule has 1 aliphatic rings. The average Bonchev–Trinajstić information content (AvgIpc) is 2.63. The zero-order chi connectivity index (χ0) is 8.39. The lowest BCUT2D eigenvalue weighted by atomic mass is 10.4. The van der Waals surface area contributed by atoms with Gasteiger partial charge >= 0.3 is 0 Å². The SMILES string of the molecule is Nc1nc(CN2CCCC2)cs1. The molecule has 1 fully saturated rings. The van der Waals surface area contributed by atoms with Crippen LogP contribution in [0.25, 0.3) is 0 Å². The van der Waals surface area contributed by atoms with E-state index in [9.17, 15) is 0 Å². The highest BCUT2D eigenvalue weighted by Gasteiger charge is 2.12. The first-order valence-corrected chi connectivity index (χ1v) is 5.15. The van der Waals surface area contributed by atoms with E-state index in [2.05, 4.69) is 9.88 Å². The van der Waals surface area contributed by atoms with Crippen LogP contribution in [-0.2, 0) is 6.54 Å². The molecule has 0 aromatic carbocycles. The van der Waals surface area contributed by atoms with E-state index in [0.29, 0.717) is 5.13 Å². The van der Waals surface area contributed by atoms with Crippen molar-refractivity contribution in [2.45, 2.75) is 19.4 Å². The summed E-state index contributed by atoms with van der Waals surface area (Å²) < 4.78 is 0. The monoisotopic (exact) mass is 183 g/mol. The van der Waals surface area contributed by atoms with E-state index in [-0.39, 0.29) is 0 Å². The Bertz CT molecular complexity index is 253. The van der Waals surface area contributed by atoms with E-state index in [1.807, 2.05) is 5.38 Å². The predicted octanol–water partition coefficient (Wildman–Crippen LogP) is 1.32. The number of aromatic nitrogens is 1. The van der Waals surface area contributed by atoms with Gasteiger partial charge in [-0.2, -0.15) is 0 Å². The van der Waals surface area contributed by atoms with Crippen molar-refractivity contribution in [3.63, 3.8) is 0 Å². The van der Waals surface area contributed by atoms with Gasteiger partial charge in [-0.05, 0) is 25.9 Å². The molecule has 2 rings (SSSR count). The predicted molar refractivity (Wildman–Crippen MR) is 51.0 cm³/mol. The van der Waals surface area contributed by atoms with Crippen LogP contribution < -0.4 is 5.73 Å². The Morgan fingerprint density at radius 3 is 2.83 bits per heavy atom. The molecule has 0 radical (unpaired) electrons. The van der Waals surface area contributed by atoms with E-state index in [0.717, 1.165) is 12.2 Å². The average molecular weight is 183 g/mol. The molecule has 2 heterocycles. The zero-order valence-electron chi connectivity index (χ0n) is 6.99. The number of hydrogen-bond acceptors (Lipinski definition) is 4. The van der Waals surface area contributed by atoms with Crippen molar-refractivity contribution < 1.29 is 0 Å². The molecular formula is C8H13N3S. The van der Waals surface area contributed by atoms with E-state index >= 15 is 0 Å². The maximum absolute atomic E-state index is 5.54. The molecule has 4 heteroatoms. The minimum Gasteiger partial charge on any atom is -0.375 e. The van der Waals surface area contributed by atoms with Gasteiger partial charge in [-0.15, -0.1) is 11.3 Å². The highest BCUT2D eigenvalue weighted by molar-refractivity contribution is 7.13. The maximum atomic E-state index is 5.54. The van der Waals surface area contributed by atoms with Crippen LogP contribution in [0, 0.1) is 0 Å². The normalized spacial score (nSPS) is 18.7. The number of nitrogens with zero attached hydrogens (tertiary/aromatic N) is 2. The van der Waals surface area contributed by atoms with Crippen molar-refractivity contribution in [1.29, 1.82) is 0 Å². The quantitative estimate of drug-likeness (QED) is 0.752. The van der Waals surface area contributed by atoms with Crippen molar-refractivity contribution in [1.82, 2.24) is 9.88 Å². The van der Waals surface area contributed by atoms with Crippen molar-refractivity contribution in [2.24, 2.45) is 0 Å². The molecule has 0 atom stereocenters. The molecule has 0 spiro atoms. The molecule has 1 aliphatic heterocycles. The lowest BCUT2D eigenvalue weighted by Gasteiger charge is -2.11. The second kappa shape index (κ2) is 3.41. The largest absolute Gasteiger partial charge is 0.375 e. The molecule has 12 heavy (non-hydrogen) atoms. The van der Waals surface area contributed by atoms with Crippen LogP contribution in [0.5, 0.6) is 0 Å². The molecule has 1 aromatic heterocycles. The van der Waals surface area contributed by atoms with Crippen LogP contribution in [0.15, 0.2) is 5.38 Å². The van der Waals surface area contributed by atoms with Gasteiger partial charge in [0, 0.05) is 11.9 Å². The third-order valence-electron chi connectivity index (χ3n) is 2.15. The highest BCUT2D eigenvalue weighted by Crippen LogP contribution is 2.15. The summed E-state index contributed by atoms with van der Waals surface area (Å²) in [5, 5.41) is 2.73. The Morgan fingerprint density at radius 1 is 1.50 bits per heavy atom. The number of anilines is 1. The third kappa shape index (κ3) is 1.76. The Kier molecular flexibility index (Phi) is 2.28. The first kappa shape index (κ1) is 8.01. The number of hydrogen-bond donors (Lipinski definition) is 1. The number of likely N-dealkylation sites (tertiary alicyclic amines) is 1. The summed E-state index contributed by atoms with van der Waals surface area (Å²) in [6, 6.07) is 0. The van der Waals surface area contributed by atoms with Gasteiger partial charge in [-0.3, -0.25) is 4.90 Å². The summed E-state index contributed by atoms with van der Waals surface area (Å²) in [5.74, 6) is 0. The topological polar surface area (TPSA) is 42.1 Å². The summed E-state index contributed by atoms with van der Waals surface area (Å²) in [6.45, 7) is 3.42. The van der Waals surface area contributed by atoms with Crippen LogP contribution in [-0.4, -0.2) is 23.0 Å². The van der Waals surface area contributed by atoms with E-state index in [1.54, 1.807) is 0 Å². The second-order valence-electron chi connectivity index (χ2n) is 3.16. The van der Waals surface area contributed by atoms with E-state index < -0.39 is 0 Å². The van der Waals surface area contributed by atoms with E-state index in [1.165, 1.54) is 37.3 Å². The molecule has 0 amide bonds. The van der Waals surface area contributed by atoms with Gasteiger partial charge in [-0.25, -0.2) is 4.98 Å². The Morgan fingerprint density at radius 2 is 2.25 bits per heavy atom. The van der Waals surface area contributed by atoms with Crippen LogP contribution in [0.4, 0.5) is 5.13 Å². The molecule has 2 N–H and O–H groups in total. The number of thiazole rings is 1. The van der Waals surface area contributed by atoms with Crippen molar-refractivity contribution in [3.05, 3.63) is 11.1 Å². The molecule has 66 valence electrons. The molecular weight excluding hydrogens is 170 g/mol. The fourth-order valence-corrected chi connectivity index (χ4v) is 2.12. The fraction of sp³-hybridized carbons (Fsp3) is 0.625. The highest BCUT2D eigenvalue weighted by atomic mass is 32.1. The molecule has 0 aliphatic carbocycles. The minimum absolute atomic E-state index is 0.684. The van der Waals surface area contributed by atoms with Gasteiger partial charge in [0.1, 0.15) is 0 Å². The Balaban J connectivity index is 1.94. The van der Waals surface area contributed by atoms with Crippen molar-refractivity contribution >= 4 is 16.5 Å². The number of nitrogens with two attached hydrogens (primary N) is 1. The summed E-state index contributed by atoms with van der Waals surface area (Å²) in [4.78, 5) is 6.65. The molecule has 0 bridgehead atoms. The smallest absolute Gasteiger partial charge is 0.180 e. The Hall–Kier alpha value is -0.610. The minimum atomic E-state index is 0.684. The lowest BCUT2D eigenvalue weighted by Crippen LogP contribution is -2.18. The molecule has 1 saturated heterocycles.